The molecule has 1 aromatic heterocycles. The second-order valence-corrected chi connectivity index (χ2v) is 7.65. The minimum atomic E-state index is -3.19. The van der Waals surface area contributed by atoms with Crippen molar-refractivity contribution in [3.05, 3.63) is 17.3 Å². The second-order valence-electron chi connectivity index (χ2n) is 5.72. The van der Waals surface area contributed by atoms with Gasteiger partial charge in [-0.3, -0.25) is 4.79 Å². The Morgan fingerprint density at radius 2 is 2.14 bits per heavy atom. The number of hydrogen-bond donors (Lipinski definition) is 1. The molecule has 22 heavy (non-hydrogen) atoms. The third kappa shape index (κ3) is 4.07. The largest absolute Gasteiger partial charge is 0.436 e. The summed E-state index contributed by atoms with van der Waals surface area (Å²) in [6, 6.07) is -0.0402. The van der Waals surface area contributed by atoms with Gasteiger partial charge >= 0.3 is 0 Å². The van der Waals surface area contributed by atoms with E-state index in [4.69, 9.17) is 4.42 Å². The maximum Gasteiger partial charge on any atom is 0.289 e. The van der Waals surface area contributed by atoms with Gasteiger partial charge in [0.25, 0.3) is 5.91 Å². The fourth-order valence-electron chi connectivity index (χ4n) is 2.87. The predicted octanol–water partition coefficient (Wildman–Crippen LogP) is 1.23. The van der Waals surface area contributed by atoms with Crippen LogP contribution in [0.25, 0.3) is 0 Å². The monoisotopic (exact) mass is 329 g/mol. The molecule has 2 heterocycles. The van der Waals surface area contributed by atoms with E-state index in [-0.39, 0.29) is 17.7 Å². The van der Waals surface area contributed by atoms with Crippen molar-refractivity contribution in [3.8, 4) is 0 Å². The van der Waals surface area contributed by atoms with Crippen LogP contribution >= 0.6 is 0 Å². The molecule has 124 valence electrons. The van der Waals surface area contributed by atoms with Crippen molar-refractivity contribution >= 4 is 15.9 Å². The van der Waals surface area contributed by atoms with Crippen molar-refractivity contribution in [2.75, 3.05) is 19.3 Å². The molecular weight excluding hydrogens is 306 g/mol. The van der Waals surface area contributed by atoms with E-state index in [0.717, 1.165) is 19.3 Å². The highest BCUT2D eigenvalue weighted by Crippen LogP contribution is 2.22. The smallest absolute Gasteiger partial charge is 0.289 e. The fourth-order valence-corrected chi connectivity index (χ4v) is 4.09. The summed E-state index contributed by atoms with van der Waals surface area (Å²) in [5.41, 5.74) is 0.561. The minimum Gasteiger partial charge on any atom is -0.436 e. The molecule has 1 atom stereocenters. The van der Waals surface area contributed by atoms with Crippen LogP contribution in [-0.2, 0) is 10.0 Å². The molecule has 1 aliphatic rings. The van der Waals surface area contributed by atoms with E-state index in [1.807, 2.05) is 0 Å². The van der Waals surface area contributed by atoms with Gasteiger partial charge in [-0.05, 0) is 26.2 Å². The number of amides is 1. The van der Waals surface area contributed by atoms with Crippen LogP contribution in [-0.4, -0.2) is 49.0 Å². The number of nitrogens with zero attached hydrogens (tertiary/aromatic N) is 2. The molecule has 1 amide bonds. The Labute approximate surface area is 131 Å². The Balaban J connectivity index is 1.89. The molecule has 2 rings (SSSR count). The van der Waals surface area contributed by atoms with Crippen molar-refractivity contribution in [1.82, 2.24) is 14.6 Å². The summed E-state index contributed by atoms with van der Waals surface area (Å²) in [5, 5.41) is 2.78. The van der Waals surface area contributed by atoms with Gasteiger partial charge in [0.15, 0.2) is 5.89 Å². The molecule has 0 spiro atoms. The Kier molecular flexibility index (Phi) is 5.23. The first-order valence-corrected chi connectivity index (χ1v) is 9.33. The third-order valence-corrected chi connectivity index (χ3v) is 5.20. The van der Waals surface area contributed by atoms with Crippen molar-refractivity contribution in [1.29, 1.82) is 0 Å². The van der Waals surface area contributed by atoms with Crippen LogP contribution < -0.4 is 5.32 Å². The first-order chi connectivity index (χ1) is 10.3. The Bertz CT molecular complexity index is 639. The molecule has 7 nitrogen and oxygen atoms in total. The van der Waals surface area contributed by atoms with E-state index < -0.39 is 10.0 Å². The average molecular weight is 329 g/mol. The van der Waals surface area contributed by atoms with Gasteiger partial charge in [0.05, 0.1) is 11.9 Å². The highest BCUT2D eigenvalue weighted by Gasteiger charge is 2.29. The molecule has 8 heteroatoms. The summed E-state index contributed by atoms with van der Waals surface area (Å²) in [7, 11) is -3.19. The highest BCUT2D eigenvalue weighted by molar-refractivity contribution is 7.88. The number of oxazole rings is 1. The number of aromatic nitrogens is 1. The summed E-state index contributed by atoms with van der Waals surface area (Å²) in [6.45, 7) is 4.39. The number of sulfonamides is 1. The topological polar surface area (TPSA) is 92.5 Å². The molecule has 1 fully saturated rings. The van der Waals surface area contributed by atoms with Crippen LogP contribution in [0.3, 0.4) is 0 Å². The molecule has 1 aromatic rings. The normalized spacial score (nSPS) is 20.0. The average Bonchev–Trinajstić information content (AvgIpc) is 2.77. The number of hydrogen-bond acceptors (Lipinski definition) is 5. The molecule has 0 aliphatic carbocycles. The van der Waals surface area contributed by atoms with Gasteiger partial charge in [-0.15, -0.1) is 0 Å². The highest BCUT2D eigenvalue weighted by atomic mass is 32.2. The lowest BCUT2D eigenvalue weighted by Crippen LogP contribution is -2.44. The van der Waals surface area contributed by atoms with E-state index in [2.05, 4.69) is 10.3 Å². The summed E-state index contributed by atoms with van der Waals surface area (Å²) in [4.78, 5) is 16.1. The van der Waals surface area contributed by atoms with Crippen molar-refractivity contribution in [2.24, 2.45) is 0 Å². The van der Waals surface area contributed by atoms with Crippen molar-refractivity contribution in [3.63, 3.8) is 0 Å². The number of carbonyl (C=O) groups is 1. The SMILES string of the molecule is Cc1nc(C)c(C(=O)NCC[C@@H]2CCCCN2S(C)(=O)=O)o1. The quantitative estimate of drug-likeness (QED) is 0.877. The van der Waals surface area contributed by atoms with E-state index in [1.54, 1.807) is 18.2 Å². The van der Waals surface area contributed by atoms with Gasteiger partial charge in [0.1, 0.15) is 0 Å². The number of rotatable bonds is 5. The molecule has 0 saturated carbocycles. The summed E-state index contributed by atoms with van der Waals surface area (Å²) in [5.74, 6) is 0.374. The van der Waals surface area contributed by atoms with Gasteiger partial charge < -0.3 is 9.73 Å². The standard InChI is InChI=1S/C14H23N3O4S/c1-10-13(21-11(2)16-10)14(18)15-8-7-12-6-4-5-9-17(12)22(3,19)20/h12H,4-9H2,1-3H3,(H,15,18)/t12-/m0/s1. The van der Waals surface area contributed by atoms with Gasteiger partial charge in [0, 0.05) is 26.1 Å². The summed E-state index contributed by atoms with van der Waals surface area (Å²) < 4.78 is 30.4. The first kappa shape index (κ1) is 17.0. The van der Waals surface area contributed by atoms with E-state index in [9.17, 15) is 13.2 Å². The number of carbonyl (C=O) groups excluding carboxylic acids is 1. The summed E-state index contributed by atoms with van der Waals surface area (Å²) in [6.07, 6.45) is 4.59. The lowest BCUT2D eigenvalue weighted by molar-refractivity contribution is 0.0919. The van der Waals surface area contributed by atoms with E-state index >= 15 is 0 Å². The number of nitrogens with one attached hydrogen (secondary N) is 1. The molecule has 0 unspecified atom stereocenters. The zero-order valence-electron chi connectivity index (χ0n) is 13.3. The Hall–Kier alpha value is -1.41. The van der Waals surface area contributed by atoms with Gasteiger partial charge in [-0.1, -0.05) is 6.42 Å². The zero-order chi connectivity index (χ0) is 16.3. The molecule has 1 saturated heterocycles. The lowest BCUT2D eigenvalue weighted by Gasteiger charge is -2.33. The summed E-state index contributed by atoms with van der Waals surface area (Å²) >= 11 is 0. The van der Waals surface area contributed by atoms with Crippen LogP contribution in [0.4, 0.5) is 0 Å². The zero-order valence-corrected chi connectivity index (χ0v) is 14.1. The minimum absolute atomic E-state index is 0.0402. The number of aryl methyl sites for hydroxylation is 2. The van der Waals surface area contributed by atoms with E-state index in [1.165, 1.54) is 6.26 Å². The molecule has 1 aliphatic heterocycles. The fraction of sp³-hybridized carbons (Fsp3) is 0.714. The molecule has 0 aromatic carbocycles. The Morgan fingerprint density at radius 1 is 1.41 bits per heavy atom. The van der Waals surface area contributed by atoms with Crippen LogP contribution in [0.1, 0.15) is 47.8 Å². The van der Waals surface area contributed by atoms with Gasteiger partial charge in [0.2, 0.25) is 15.8 Å². The number of piperidine rings is 1. The molecule has 0 bridgehead atoms. The maximum atomic E-state index is 12.0. The van der Waals surface area contributed by atoms with Gasteiger partial charge in [-0.2, -0.15) is 4.31 Å². The Morgan fingerprint density at radius 3 is 2.73 bits per heavy atom. The van der Waals surface area contributed by atoms with Crippen LogP contribution in [0.2, 0.25) is 0 Å². The second kappa shape index (κ2) is 6.78. The van der Waals surface area contributed by atoms with Crippen LogP contribution in [0, 0.1) is 13.8 Å². The van der Waals surface area contributed by atoms with Crippen LogP contribution in [0.5, 0.6) is 0 Å². The maximum absolute atomic E-state index is 12.0. The van der Waals surface area contributed by atoms with Crippen LogP contribution in [0.15, 0.2) is 4.42 Å². The lowest BCUT2D eigenvalue weighted by atomic mass is 10.0. The third-order valence-electron chi connectivity index (χ3n) is 3.87. The molecule has 1 N–H and O–H groups in total. The van der Waals surface area contributed by atoms with Gasteiger partial charge in [-0.25, -0.2) is 13.4 Å². The van der Waals surface area contributed by atoms with E-state index in [0.29, 0.717) is 31.1 Å². The first-order valence-electron chi connectivity index (χ1n) is 7.48. The predicted molar refractivity (Wildman–Crippen MR) is 82.1 cm³/mol. The van der Waals surface area contributed by atoms with Crippen molar-refractivity contribution < 1.29 is 17.6 Å². The molecular formula is C14H23N3O4S. The molecule has 0 radical (unpaired) electrons. The van der Waals surface area contributed by atoms with Crippen molar-refractivity contribution in [2.45, 2.75) is 45.6 Å².